The van der Waals surface area contributed by atoms with Crippen LogP contribution in [0, 0.1) is 11.8 Å². The number of ether oxygens (including phenoxy) is 1. The number of H-pyrrole nitrogens is 1. The Kier molecular flexibility index (Phi) is 6.56. The Labute approximate surface area is 153 Å². The van der Waals surface area contributed by atoms with Gasteiger partial charge in [-0.2, -0.15) is 5.21 Å². The third-order valence-corrected chi connectivity index (χ3v) is 5.89. The monoisotopic (exact) mass is 367 g/mol. The van der Waals surface area contributed by atoms with E-state index in [0.717, 1.165) is 32.2 Å². The summed E-state index contributed by atoms with van der Waals surface area (Å²) in [5, 5.41) is 17.0. The summed E-state index contributed by atoms with van der Waals surface area (Å²) in [4.78, 5) is 12.3. The number of nitrogens with one attached hydrogen (secondary N) is 2. The first kappa shape index (κ1) is 19.2. The van der Waals surface area contributed by atoms with Crippen molar-refractivity contribution in [3.8, 4) is 0 Å². The van der Waals surface area contributed by atoms with Gasteiger partial charge in [0.1, 0.15) is 11.7 Å². The van der Waals surface area contributed by atoms with Gasteiger partial charge in [-0.3, -0.25) is 4.79 Å². The third-order valence-electron chi connectivity index (χ3n) is 5.89. The average Bonchev–Trinajstić information content (AvgIpc) is 3.16. The highest BCUT2D eigenvalue weighted by atomic mass is 19.1. The Bertz CT molecular complexity index is 570. The number of aromatic nitrogens is 4. The SMILES string of the molecule is CCCCCOC(=O)[C@@H]1C[C@H]2C[C@@](F)(CCc3nn[nH]n3)CC[C@H]2CN1. The second-order valence-corrected chi connectivity index (χ2v) is 7.81. The molecule has 2 heterocycles. The van der Waals surface area contributed by atoms with Gasteiger partial charge in [-0.05, 0) is 56.9 Å². The van der Waals surface area contributed by atoms with Gasteiger partial charge in [0.05, 0.1) is 6.61 Å². The number of nitrogens with zero attached hydrogens (tertiary/aromatic N) is 3. The molecule has 7 nitrogen and oxygen atoms in total. The van der Waals surface area contributed by atoms with Gasteiger partial charge >= 0.3 is 5.97 Å². The van der Waals surface area contributed by atoms with E-state index in [1.807, 2.05) is 0 Å². The van der Waals surface area contributed by atoms with E-state index in [9.17, 15) is 4.79 Å². The number of tetrazole rings is 1. The fourth-order valence-electron chi connectivity index (χ4n) is 4.30. The van der Waals surface area contributed by atoms with Crippen molar-refractivity contribution < 1.29 is 13.9 Å². The predicted molar refractivity (Wildman–Crippen MR) is 94.1 cm³/mol. The number of esters is 1. The molecule has 2 N–H and O–H groups in total. The van der Waals surface area contributed by atoms with Gasteiger partial charge in [-0.1, -0.05) is 25.0 Å². The fraction of sp³-hybridized carbons (Fsp3) is 0.889. The summed E-state index contributed by atoms with van der Waals surface area (Å²) < 4.78 is 20.7. The molecule has 0 aromatic carbocycles. The number of aryl methyl sites for hydroxylation is 1. The topological polar surface area (TPSA) is 92.8 Å². The predicted octanol–water partition coefficient (Wildman–Crippen LogP) is 2.35. The van der Waals surface area contributed by atoms with Crippen LogP contribution in [0.3, 0.4) is 0 Å². The number of piperidine rings is 1. The van der Waals surface area contributed by atoms with E-state index in [-0.39, 0.29) is 17.9 Å². The van der Waals surface area contributed by atoms with Crippen molar-refractivity contribution in [1.82, 2.24) is 25.9 Å². The Morgan fingerprint density at radius 1 is 1.38 bits per heavy atom. The summed E-state index contributed by atoms with van der Waals surface area (Å²) in [5.41, 5.74) is -1.20. The standard InChI is InChI=1S/C18H30FN5O2/c1-2-3-4-9-26-17(25)15-10-14-11-18(19,7-5-13(14)12-20-15)8-6-16-21-23-24-22-16/h13-15,20H,2-12H2,1H3,(H,21,22,23,24)/t13-,14-,15-,18-/m0/s1. The largest absolute Gasteiger partial charge is 0.465 e. The zero-order chi connectivity index (χ0) is 18.4. The quantitative estimate of drug-likeness (QED) is 0.541. The van der Waals surface area contributed by atoms with Crippen LogP contribution in [0.1, 0.15) is 64.1 Å². The highest BCUT2D eigenvalue weighted by Gasteiger charge is 2.44. The zero-order valence-electron chi connectivity index (χ0n) is 15.5. The number of fused-ring (bicyclic) bond motifs is 1. The number of halogens is 1. The molecule has 3 rings (SSSR count). The maximum absolute atomic E-state index is 15.3. The molecule has 0 amide bonds. The number of rotatable bonds is 8. The molecule has 2 fully saturated rings. The van der Waals surface area contributed by atoms with Crippen LogP contribution in [-0.2, 0) is 16.0 Å². The number of hydrogen-bond donors (Lipinski definition) is 2. The molecular formula is C18H30FN5O2. The smallest absolute Gasteiger partial charge is 0.323 e. The molecule has 1 aliphatic heterocycles. The Hall–Kier alpha value is -1.57. The van der Waals surface area contributed by atoms with E-state index in [1.54, 1.807) is 0 Å². The molecule has 0 radical (unpaired) electrons. The summed E-state index contributed by atoms with van der Waals surface area (Å²) >= 11 is 0. The molecule has 1 saturated heterocycles. The first-order chi connectivity index (χ1) is 12.6. The zero-order valence-corrected chi connectivity index (χ0v) is 15.5. The molecular weight excluding hydrogens is 337 g/mol. The van der Waals surface area contributed by atoms with E-state index in [1.165, 1.54) is 0 Å². The molecule has 1 aromatic rings. The third kappa shape index (κ3) is 4.99. The summed E-state index contributed by atoms with van der Waals surface area (Å²) in [6.45, 7) is 3.38. The first-order valence-corrected chi connectivity index (χ1v) is 9.91. The number of unbranched alkanes of at least 4 members (excludes halogenated alkanes) is 2. The van der Waals surface area contributed by atoms with Crippen molar-refractivity contribution in [3.63, 3.8) is 0 Å². The van der Waals surface area contributed by atoms with Gasteiger partial charge in [0.2, 0.25) is 0 Å². The second kappa shape index (κ2) is 8.88. The Morgan fingerprint density at radius 3 is 3.04 bits per heavy atom. The molecule has 0 bridgehead atoms. The van der Waals surface area contributed by atoms with Crippen molar-refractivity contribution in [1.29, 1.82) is 0 Å². The van der Waals surface area contributed by atoms with Gasteiger partial charge in [0.25, 0.3) is 0 Å². The highest BCUT2D eigenvalue weighted by Crippen LogP contribution is 2.44. The van der Waals surface area contributed by atoms with Crippen molar-refractivity contribution in [2.45, 2.75) is 76.4 Å². The van der Waals surface area contributed by atoms with Crippen LogP contribution in [0.2, 0.25) is 0 Å². The Balaban J connectivity index is 1.48. The van der Waals surface area contributed by atoms with E-state index < -0.39 is 5.67 Å². The van der Waals surface area contributed by atoms with E-state index >= 15 is 4.39 Å². The minimum absolute atomic E-state index is 0.179. The summed E-state index contributed by atoms with van der Waals surface area (Å²) in [7, 11) is 0. The van der Waals surface area contributed by atoms with Crippen molar-refractivity contribution in [2.24, 2.45) is 11.8 Å². The molecule has 0 spiro atoms. The second-order valence-electron chi connectivity index (χ2n) is 7.81. The highest BCUT2D eigenvalue weighted by molar-refractivity contribution is 5.75. The van der Waals surface area contributed by atoms with Crippen molar-refractivity contribution in [2.75, 3.05) is 13.2 Å². The van der Waals surface area contributed by atoms with Crippen LogP contribution in [0.4, 0.5) is 4.39 Å². The first-order valence-electron chi connectivity index (χ1n) is 9.91. The minimum Gasteiger partial charge on any atom is -0.465 e. The van der Waals surface area contributed by atoms with E-state index in [0.29, 0.717) is 50.5 Å². The van der Waals surface area contributed by atoms with E-state index in [2.05, 4.69) is 32.9 Å². The maximum atomic E-state index is 15.3. The number of aromatic amines is 1. The lowest BCUT2D eigenvalue weighted by Crippen LogP contribution is -2.52. The van der Waals surface area contributed by atoms with E-state index in [4.69, 9.17) is 4.74 Å². The summed E-state index contributed by atoms with van der Waals surface area (Å²) in [6.07, 6.45) is 6.60. The van der Waals surface area contributed by atoms with Crippen molar-refractivity contribution >= 4 is 5.97 Å². The molecule has 8 heteroatoms. The van der Waals surface area contributed by atoms with Crippen LogP contribution in [-0.4, -0.2) is 51.5 Å². The van der Waals surface area contributed by atoms with Crippen LogP contribution in [0.15, 0.2) is 0 Å². The number of alkyl halides is 1. The van der Waals surface area contributed by atoms with Crippen LogP contribution in [0.5, 0.6) is 0 Å². The van der Waals surface area contributed by atoms with Gasteiger partial charge in [-0.25, -0.2) is 4.39 Å². The maximum Gasteiger partial charge on any atom is 0.323 e. The molecule has 0 unspecified atom stereocenters. The average molecular weight is 367 g/mol. The van der Waals surface area contributed by atoms with Gasteiger partial charge in [0.15, 0.2) is 5.82 Å². The minimum atomic E-state index is -1.20. The molecule has 146 valence electrons. The number of carbonyl (C=O) groups is 1. The summed E-state index contributed by atoms with van der Waals surface area (Å²) in [6, 6.07) is -0.294. The van der Waals surface area contributed by atoms with Gasteiger partial charge in [0, 0.05) is 6.42 Å². The molecule has 1 aliphatic carbocycles. The number of hydrogen-bond acceptors (Lipinski definition) is 6. The van der Waals surface area contributed by atoms with Crippen LogP contribution in [0.25, 0.3) is 0 Å². The lowest BCUT2D eigenvalue weighted by Gasteiger charge is -2.44. The molecule has 1 saturated carbocycles. The lowest BCUT2D eigenvalue weighted by atomic mass is 9.67. The van der Waals surface area contributed by atoms with Gasteiger partial charge < -0.3 is 10.1 Å². The van der Waals surface area contributed by atoms with Crippen LogP contribution < -0.4 is 5.32 Å². The molecule has 4 atom stereocenters. The summed E-state index contributed by atoms with van der Waals surface area (Å²) in [5.74, 6) is 1.06. The van der Waals surface area contributed by atoms with Crippen molar-refractivity contribution in [3.05, 3.63) is 5.82 Å². The lowest BCUT2D eigenvalue weighted by molar-refractivity contribution is -0.148. The normalized spacial score (nSPS) is 31.4. The fourth-order valence-corrected chi connectivity index (χ4v) is 4.30. The number of carbonyl (C=O) groups excluding carboxylic acids is 1. The molecule has 26 heavy (non-hydrogen) atoms. The Morgan fingerprint density at radius 2 is 2.27 bits per heavy atom. The molecule has 1 aromatic heterocycles. The van der Waals surface area contributed by atoms with Crippen LogP contribution >= 0.6 is 0 Å². The molecule has 2 aliphatic rings. The van der Waals surface area contributed by atoms with Gasteiger partial charge in [-0.15, -0.1) is 10.2 Å².